The van der Waals surface area contributed by atoms with E-state index >= 15 is 0 Å². The second-order valence-electron chi connectivity index (χ2n) is 3.60. The van der Waals surface area contributed by atoms with Crippen molar-refractivity contribution in [1.29, 1.82) is 0 Å². The molecule has 98 valence electrons. The van der Waals surface area contributed by atoms with Crippen molar-refractivity contribution in [2.45, 2.75) is 6.61 Å². The van der Waals surface area contributed by atoms with Crippen LogP contribution >= 0.6 is 11.6 Å². The average Bonchev–Trinajstić information content (AvgIpc) is 2.37. The molecule has 0 saturated heterocycles. The Morgan fingerprint density at radius 2 is 2.21 bits per heavy atom. The highest BCUT2D eigenvalue weighted by molar-refractivity contribution is 6.30. The summed E-state index contributed by atoms with van der Waals surface area (Å²) in [5.74, 6) is -1.20. The molecule has 0 unspecified atom stereocenters. The van der Waals surface area contributed by atoms with E-state index in [1.165, 1.54) is 24.4 Å². The van der Waals surface area contributed by atoms with E-state index in [9.17, 15) is 14.5 Å². The maximum Gasteiger partial charge on any atom is 0.314 e. The summed E-state index contributed by atoms with van der Waals surface area (Å²) in [5, 5.41) is 11.2. The van der Waals surface area contributed by atoms with E-state index in [0.29, 0.717) is 10.7 Å². The highest BCUT2D eigenvalue weighted by Crippen LogP contribution is 2.30. The monoisotopic (exact) mass is 282 g/mol. The Kier molecular flexibility index (Phi) is 3.91. The number of aromatic nitrogens is 1. The zero-order valence-corrected chi connectivity index (χ0v) is 10.3. The number of pyridine rings is 1. The van der Waals surface area contributed by atoms with Gasteiger partial charge in [0, 0.05) is 17.3 Å². The number of nitrogens with zero attached hydrogens (tertiary/aromatic N) is 2. The molecule has 0 aliphatic carbocycles. The Morgan fingerprint density at radius 3 is 2.89 bits per heavy atom. The SMILES string of the molecule is O=[N+]([O-])c1cccc(F)c1OCc1cc(Cl)ccn1. The lowest BCUT2D eigenvalue weighted by molar-refractivity contribution is -0.386. The largest absolute Gasteiger partial charge is 0.478 e. The maximum absolute atomic E-state index is 13.5. The number of nitro benzene ring substituents is 1. The number of para-hydroxylation sites is 1. The Morgan fingerprint density at radius 1 is 1.42 bits per heavy atom. The van der Waals surface area contributed by atoms with Crippen LogP contribution in [0.4, 0.5) is 10.1 Å². The summed E-state index contributed by atoms with van der Waals surface area (Å²) < 4.78 is 18.6. The van der Waals surface area contributed by atoms with Gasteiger partial charge in [-0.05, 0) is 18.2 Å². The lowest BCUT2D eigenvalue weighted by Crippen LogP contribution is -2.02. The highest BCUT2D eigenvalue weighted by Gasteiger charge is 2.19. The van der Waals surface area contributed by atoms with Crippen molar-refractivity contribution in [1.82, 2.24) is 4.98 Å². The first-order valence-electron chi connectivity index (χ1n) is 5.24. The van der Waals surface area contributed by atoms with E-state index in [-0.39, 0.29) is 6.61 Å². The number of hydrogen-bond donors (Lipinski definition) is 0. The molecule has 0 bridgehead atoms. The van der Waals surface area contributed by atoms with E-state index in [2.05, 4.69) is 4.98 Å². The van der Waals surface area contributed by atoms with Crippen molar-refractivity contribution in [2.75, 3.05) is 0 Å². The van der Waals surface area contributed by atoms with Crippen molar-refractivity contribution in [3.8, 4) is 5.75 Å². The molecular weight excluding hydrogens is 275 g/mol. The molecular formula is C12H8ClFN2O3. The molecule has 2 aromatic rings. The minimum Gasteiger partial charge on any atom is -0.478 e. The van der Waals surface area contributed by atoms with Crippen molar-refractivity contribution in [3.63, 3.8) is 0 Å². The second-order valence-corrected chi connectivity index (χ2v) is 4.04. The predicted molar refractivity (Wildman–Crippen MR) is 66.6 cm³/mol. The summed E-state index contributed by atoms with van der Waals surface area (Å²) in [6, 6.07) is 6.63. The van der Waals surface area contributed by atoms with Gasteiger partial charge in [0.05, 0.1) is 10.6 Å². The number of nitro groups is 1. The molecule has 0 aliphatic heterocycles. The number of halogens is 2. The van der Waals surface area contributed by atoms with Crippen LogP contribution in [0.2, 0.25) is 5.02 Å². The van der Waals surface area contributed by atoms with Crippen LogP contribution in [0.25, 0.3) is 0 Å². The first-order chi connectivity index (χ1) is 9.08. The molecule has 1 aromatic carbocycles. The van der Waals surface area contributed by atoms with Crippen LogP contribution < -0.4 is 4.74 Å². The zero-order valence-electron chi connectivity index (χ0n) is 9.55. The van der Waals surface area contributed by atoms with E-state index in [4.69, 9.17) is 16.3 Å². The summed E-state index contributed by atoms with van der Waals surface area (Å²) in [5.41, 5.74) is 0.0204. The predicted octanol–water partition coefficient (Wildman–Crippen LogP) is 3.36. The van der Waals surface area contributed by atoms with Gasteiger partial charge < -0.3 is 4.74 Å². The third-order valence-electron chi connectivity index (χ3n) is 2.29. The molecule has 7 heteroatoms. The van der Waals surface area contributed by atoms with Gasteiger partial charge >= 0.3 is 5.69 Å². The molecule has 0 spiro atoms. The van der Waals surface area contributed by atoms with E-state index in [0.717, 1.165) is 6.07 Å². The molecule has 19 heavy (non-hydrogen) atoms. The molecule has 5 nitrogen and oxygen atoms in total. The normalized spacial score (nSPS) is 10.2. The van der Waals surface area contributed by atoms with E-state index < -0.39 is 22.2 Å². The number of hydrogen-bond acceptors (Lipinski definition) is 4. The van der Waals surface area contributed by atoms with E-state index in [1.54, 1.807) is 6.07 Å². The van der Waals surface area contributed by atoms with Crippen LogP contribution in [0.1, 0.15) is 5.69 Å². The fourth-order valence-corrected chi connectivity index (χ4v) is 1.64. The maximum atomic E-state index is 13.5. The number of benzene rings is 1. The lowest BCUT2D eigenvalue weighted by Gasteiger charge is -2.07. The Bertz CT molecular complexity index is 622. The number of ether oxygens (including phenoxy) is 1. The van der Waals surface area contributed by atoms with Crippen LogP contribution in [-0.4, -0.2) is 9.91 Å². The van der Waals surface area contributed by atoms with Gasteiger partial charge in [0.25, 0.3) is 0 Å². The van der Waals surface area contributed by atoms with Crippen molar-refractivity contribution in [2.24, 2.45) is 0 Å². The van der Waals surface area contributed by atoms with Gasteiger partial charge in [-0.3, -0.25) is 15.1 Å². The van der Waals surface area contributed by atoms with Crippen LogP contribution in [0.3, 0.4) is 0 Å². The Balaban J connectivity index is 2.22. The third kappa shape index (κ3) is 3.17. The molecule has 0 fully saturated rings. The summed E-state index contributed by atoms with van der Waals surface area (Å²) in [4.78, 5) is 14.0. The summed E-state index contributed by atoms with van der Waals surface area (Å²) in [6.45, 7) is -0.109. The molecule has 1 aromatic heterocycles. The van der Waals surface area contributed by atoms with Gasteiger partial charge in [-0.2, -0.15) is 0 Å². The first kappa shape index (κ1) is 13.2. The fraction of sp³-hybridized carbons (Fsp3) is 0.0833. The van der Waals surface area contributed by atoms with Gasteiger partial charge in [0.1, 0.15) is 6.61 Å². The van der Waals surface area contributed by atoms with E-state index in [1.807, 2.05) is 0 Å². The number of rotatable bonds is 4. The molecule has 0 aliphatic rings. The van der Waals surface area contributed by atoms with Gasteiger partial charge in [-0.25, -0.2) is 4.39 Å². The summed E-state index contributed by atoms with van der Waals surface area (Å²) >= 11 is 5.76. The quantitative estimate of drug-likeness (QED) is 0.637. The summed E-state index contributed by atoms with van der Waals surface area (Å²) in [7, 11) is 0. The van der Waals surface area contributed by atoms with Gasteiger partial charge in [-0.15, -0.1) is 0 Å². The van der Waals surface area contributed by atoms with Crippen LogP contribution in [0, 0.1) is 15.9 Å². The van der Waals surface area contributed by atoms with Gasteiger partial charge in [0.15, 0.2) is 5.82 Å². The fourth-order valence-electron chi connectivity index (χ4n) is 1.46. The highest BCUT2D eigenvalue weighted by atomic mass is 35.5. The molecule has 1 heterocycles. The molecule has 0 N–H and O–H groups in total. The molecule has 0 radical (unpaired) electrons. The van der Waals surface area contributed by atoms with Crippen molar-refractivity contribution < 1.29 is 14.1 Å². The average molecular weight is 283 g/mol. The van der Waals surface area contributed by atoms with Crippen LogP contribution in [0.5, 0.6) is 5.75 Å². The zero-order chi connectivity index (χ0) is 13.8. The minimum absolute atomic E-state index is 0.109. The van der Waals surface area contributed by atoms with Gasteiger partial charge in [-0.1, -0.05) is 17.7 Å². The molecule has 2 rings (SSSR count). The topological polar surface area (TPSA) is 65.3 Å². The van der Waals surface area contributed by atoms with Crippen LogP contribution in [-0.2, 0) is 6.61 Å². The van der Waals surface area contributed by atoms with Gasteiger partial charge in [0.2, 0.25) is 5.75 Å². The standard InChI is InChI=1S/C12H8ClFN2O3/c13-8-4-5-15-9(6-8)7-19-12-10(14)2-1-3-11(12)16(17)18/h1-6H,7H2. The minimum atomic E-state index is -0.795. The third-order valence-corrected chi connectivity index (χ3v) is 2.52. The smallest absolute Gasteiger partial charge is 0.314 e. The lowest BCUT2D eigenvalue weighted by atomic mass is 10.3. The molecule has 0 amide bonds. The Labute approximate surface area is 112 Å². The Hall–Kier alpha value is -2.21. The summed E-state index contributed by atoms with van der Waals surface area (Å²) in [6.07, 6.45) is 1.47. The first-order valence-corrected chi connectivity index (χ1v) is 5.62. The second kappa shape index (κ2) is 5.62. The van der Waals surface area contributed by atoms with Crippen LogP contribution in [0.15, 0.2) is 36.5 Å². The molecule has 0 saturated carbocycles. The van der Waals surface area contributed by atoms with Crippen molar-refractivity contribution >= 4 is 17.3 Å². The molecule has 0 atom stereocenters. The van der Waals surface area contributed by atoms with Crippen molar-refractivity contribution in [3.05, 3.63) is 63.2 Å².